The lowest BCUT2D eigenvalue weighted by Crippen LogP contribution is -2.26. The molecule has 0 amide bonds. The summed E-state index contributed by atoms with van der Waals surface area (Å²) < 4.78 is 8.62. The fourth-order valence-corrected chi connectivity index (χ4v) is 3.12. The largest absolute Gasteiger partial charge is 0.493 e. The van der Waals surface area contributed by atoms with Crippen molar-refractivity contribution in [3.05, 3.63) is 61.6 Å². The predicted molar refractivity (Wildman–Crippen MR) is 87.5 cm³/mol. The van der Waals surface area contributed by atoms with Crippen LogP contribution < -0.4 is 10.3 Å². The van der Waals surface area contributed by atoms with Gasteiger partial charge in [-0.15, -0.1) is 0 Å². The van der Waals surface area contributed by atoms with E-state index in [0.29, 0.717) is 5.92 Å². The predicted octanol–water partition coefficient (Wildman–Crippen LogP) is 3.33. The zero-order valence-corrected chi connectivity index (χ0v) is 13.5. The Kier molecular flexibility index (Phi) is 3.83. The minimum atomic E-state index is 0.0758. The minimum Gasteiger partial charge on any atom is -0.493 e. The van der Waals surface area contributed by atoms with Gasteiger partial charge in [-0.1, -0.05) is 18.2 Å². The third-order valence-corrected chi connectivity index (χ3v) is 4.90. The van der Waals surface area contributed by atoms with Crippen molar-refractivity contribution < 1.29 is 4.74 Å². The highest BCUT2D eigenvalue weighted by Gasteiger charge is 2.21. The second-order valence-corrected chi connectivity index (χ2v) is 6.33. The first-order valence-electron chi connectivity index (χ1n) is 6.73. The number of para-hydroxylation sites is 1. The van der Waals surface area contributed by atoms with Crippen LogP contribution in [-0.2, 0) is 6.54 Å². The van der Waals surface area contributed by atoms with Gasteiger partial charge in [-0.25, -0.2) is 0 Å². The maximum atomic E-state index is 12.1. The minimum absolute atomic E-state index is 0.0758. The molecule has 1 unspecified atom stereocenters. The van der Waals surface area contributed by atoms with Crippen LogP contribution in [0.5, 0.6) is 5.75 Å². The molecule has 1 atom stereocenters. The number of benzene rings is 1. The lowest BCUT2D eigenvalue weighted by atomic mass is 9.93. The molecule has 0 spiro atoms. The summed E-state index contributed by atoms with van der Waals surface area (Å²) in [5.74, 6) is 1.30. The van der Waals surface area contributed by atoms with Crippen LogP contribution in [0.3, 0.4) is 0 Å². The van der Waals surface area contributed by atoms with E-state index in [1.807, 2.05) is 35.9 Å². The molecule has 2 heterocycles. The number of hydrogen-bond donors (Lipinski definition) is 0. The van der Waals surface area contributed by atoms with Gasteiger partial charge in [0.05, 0.1) is 6.61 Å². The zero-order chi connectivity index (χ0) is 14.1. The third-order valence-electron chi connectivity index (χ3n) is 3.77. The molecule has 104 valence electrons. The van der Waals surface area contributed by atoms with E-state index in [-0.39, 0.29) is 5.56 Å². The van der Waals surface area contributed by atoms with Crippen LogP contribution in [-0.4, -0.2) is 11.2 Å². The molecule has 3 nitrogen and oxygen atoms in total. The second kappa shape index (κ2) is 5.60. The Hall–Kier alpha value is -1.30. The van der Waals surface area contributed by atoms with Crippen LogP contribution in [0.1, 0.15) is 23.5 Å². The first kappa shape index (κ1) is 13.7. The summed E-state index contributed by atoms with van der Waals surface area (Å²) in [5.41, 5.74) is 2.33. The van der Waals surface area contributed by atoms with Crippen LogP contribution in [0.4, 0.5) is 0 Å². The molecule has 1 aliphatic heterocycles. The first-order chi connectivity index (χ1) is 9.65. The van der Waals surface area contributed by atoms with Gasteiger partial charge in [-0.2, -0.15) is 0 Å². The summed E-state index contributed by atoms with van der Waals surface area (Å²) in [5, 5.41) is 0. The van der Waals surface area contributed by atoms with E-state index >= 15 is 0 Å². The van der Waals surface area contributed by atoms with Gasteiger partial charge < -0.3 is 9.30 Å². The molecule has 0 N–H and O–H groups in total. The van der Waals surface area contributed by atoms with Gasteiger partial charge in [-0.05, 0) is 53.1 Å². The molecule has 1 aliphatic rings. The van der Waals surface area contributed by atoms with E-state index in [0.717, 1.165) is 34.5 Å². The molecule has 0 fully saturated rings. The summed E-state index contributed by atoms with van der Waals surface area (Å²) in [7, 11) is 0. The molecule has 3 rings (SSSR count). The van der Waals surface area contributed by atoms with Crippen molar-refractivity contribution in [1.82, 2.24) is 4.57 Å². The standard InChI is InChI=1S/C16H16INO2/c1-11-8-16(19)18(10-14(11)17)9-12-6-7-20-15-5-3-2-4-13(12)15/h2-5,8,10,12H,6-7,9H2,1H3. The molecule has 2 aromatic rings. The highest BCUT2D eigenvalue weighted by Crippen LogP contribution is 2.34. The van der Waals surface area contributed by atoms with Gasteiger partial charge in [0.25, 0.3) is 5.56 Å². The van der Waals surface area contributed by atoms with Crippen LogP contribution in [0.2, 0.25) is 0 Å². The number of rotatable bonds is 2. The average molecular weight is 381 g/mol. The van der Waals surface area contributed by atoms with Crippen molar-refractivity contribution >= 4 is 22.6 Å². The Bertz CT molecular complexity index is 693. The number of pyridine rings is 1. The fourth-order valence-electron chi connectivity index (χ4n) is 2.62. The van der Waals surface area contributed by atoms with E-state index in [2.05, 4.69) is 28.7 Å². The smallest absolute Gasteiger partial charge is 0.250 e. The molecule has 20 heavy (non-hydrogen) atoms. The topological polar surface area (TPSA) is 31.2 Å². The number of nitrogens with zero attached hydrogens (tertiary/aromatic N) is 1. The summed E-state index contributed by atoms with van der Waals surface area (Å²) >= 11 is 2.28. The van der Waals surface area contributed by atoms with Crippen molar-refractivity contribution in [3.8, 4) is 5.75 Å². The molecular formula is C16H16INO2. The third kappa shape index (κ3) is 2.61. The van der Waals surface area contributed by atoms with Gasteiger partial charge in [0.2, 0.25) is 0 Å². The molecule has 0 saturated heterocycles. The second-order valence-electron chi connectivity index (χ2n) is 5.17. The average Bonchev–Trinajstić information content (AvgIpc) is 2.45. The molecule has 0 radical (unpaired) electrons. The summed E-state index contributed by atoms with van der Waals surface area (Å²) in [6, 6.07) is 9.84. The molecule has 1 aromatic carbocycles. The number of halogens is 1. The fraction of sp³-hybridized carbons (Fsp3) is 0.312. The van der Waals surface area contributed by atoms with Gasteiger partial charge in [-0.3, -0.25) is 4.79 Å². The van der Waals surface area contributed by atoms with Crippen LogP contribution in [0, 0.1) is 10.5 Å². The molecular weight excluding hydrogens is 365 g/mol. The lowest BCUT2D eigenvalue weighted by Gasteiger charge is -2.26. The number of ether oxygens (including phenoxy) is 1. The van der Waals surface area contributed by atoms with E-state index in [9.17, 15) is 4.79 Å². The van der Waals surface area contributed by atoms with E-state index in [1.54, 1.807) is 6.07 Å². The lowest BCUT2D eigenvalue weighted by molar-refractivity contribution is 0.258. The van der Waals surface area contributed by atoms with Crippen LogP contribution in [0.15, 0.2) is 41.3 Å². The monoisotopic (exact) mass is 381 g/mol. The quantitative estimate of drug-likeness (QED) is 0.748. The Morgan fingerprint density at radius 3 is 3.05 bits per heavy atom. The molecule has 0 bridgehead atoms. The van der Waals surface area contributed by atoms with Crippen molar-refractivity contribution in [2.75, 3.05) is 6.61 Å². The van der Waals surface area contributed by atoms with Crippen molar-refractivity contribution in [2.45, 2.75) is 25.8 Å². The molecule has 0 aliphatic carbocycles. The number of aromatic nitrogens is 1. The highest BCUT2D eigenvalue weighted by atomic mass is 127. The van der Waals surface area contributed by atoms with E-state index in [1.165, 1.54) is 5.56 Å². The van der Waals surface area contributed by atoms with Crippen LogP contribution >= 0.6 is 22.6 Å². The van der Waals surface area contributed by atoms with Gasteiger partial charge in [0.1, 0.15) is 5.75 Å². The number of hydrogen-bond acceptors (Lipinski definition) is 2. The van der Waals surface area contributed by atoms with Crippen molar-refractivity contribution in [3.63, 3.8) is 0 Å². The zero-order valence-electron chi connectivity index (χ0n) is 11.3. The highest BCUT2D eigenvalue weighted by molar-refractivity contribution is 14.1. The Morgan fingerprint density at radius 1 is 1.40 bits per heavy atom. The molecule has 1 aromatic heterocycles. The molecule has 0 saturated carbocycles. The van der Waals surface area contributed by atoms with Crippen molar-refractivity contribution in [1.29, 1.82) is 0 Å². The SMILES string of the molecule is Cc1cc(=O)n(CC2CCOc3ccccc32)cc1I. The molecule has 4 heteroatoms. The normalized spacial score (nSPS) is 17.4. The Labute approximate surface area is 131 Å². The van der Waals surface area contributed by atoms with Crippen molar-refractivity contribution in [2.24, 2.45) is 0 Å². The van der Waals surface area contributed by atoms with E-state index < -0.39 is 0 Å². The summed E-state index contributed by atoms with van der Waals surface area (Å²) in [6.45, 7) is 3.41. The van der Waals surface area contributed by atoms with Crippen LogP contribution in [0.25, 0.3) is 0 Å². The van der Waals surface area contributed by atoms with Gasteiger partial charge in [0.15, 0.2) is 0 Å². The maximum Gasteiger partial charge on any atom is 0.250 e. The van der Waals surface area contributed by atoms with Gasteiger partial charge in [0, 0.05) is 28.3 Å². The number of aryl methyl sites for hydroxylation is 1. The maximum absolute atomic E-state index is 12.1. The van der Waals surface area contributed by atoms with Gasteiger partial charge >= 0.3 is 0 Å². The van der Waals surface area contributed by atoms with E-state index in [4.69, 9.17) is 4.74 Å². The summed E-state index contributed by atoms with van der Waals surface area (Å²) in [4.78, 5) is 12.1. The Morgan fingerprint density at radius 2 is 2.20 bits per heavy atom. The Balaban J connectivity index is 1.93. The summed E-state index contributed by atoms with van der Waals surface area (Å²) in [6.07, 6.45) is 2.91. The first-order valence-corrected chi connectivity index (χ1v) is 7.81. The number of fused-ring (bicyclic) bond motifs is 1.